The predicted molar refractivity (Wildman–Crippen MR) is 96.8 cm³/mol. The van der Waals surface area contributed by atoms with Crippen molar-refractivity contribution in [3.63, 3.8) is 0 Å². The van der Waals surface area contributed by atoms with Crippen LogP contribution >= 0.6 is 0 Å². The maximum absolute atomic E-state index is 12.8. The van der Waals surface area contributed by atoms with Crippen LogP contribution in [0.25, 0.3) is 10.9 Å². The van der Waals surface area contributed by atoms with Gasteiger partial charge in [-0.3, -0.25) is 4.79 Å². The minimum absolute atomic E-state index is 0.0135. The summed E-state index contributed by atoms with van der Waals surface area (Å²) in [6.45, 7) is 4.95. The Morgan fingerprint density at radius 2 is 2.17 bits per heavy atom. The number of hydrogen-bond donors (Lipinski definition) is 1. The largest absolute Gasteiger partial charge is 0.497 e. The molecule has 2 heterocycles. The van der Waals surface area contributed by atoms with Crippen molar-refractivity contribution in [2.75, 3.05) is 33.8 Å². The van der Waals surface area contributed by atoms with Gasteiger partial charge in [0.2, 0.25) is 0 Å². The van der Waals surface area contributed by atoms with Crippen LogP contribution < -0.4 is 10.1 Å². The molecular formula is C19H27N3O2. The summed E-state index contributed by atoms with van der Waals surface area (Å²) in [5, 5.41) is 4.10. The number of ether oxygens (including phenoxy) is 1. The third-order valence-electron chi connectivity index (χ3n) is 5.20. The second-order valence-corrected chi connectivity index (χ2v) is 6.88. The molecule has 1 amide bonds. The lowest BCUT2D eigenvalue weighted by Crippen LogP contribution is -2.39. The van der Waals surface area contributed by atoms with Crippen LogP contribution in [0.3, 0.4) is 0 Å². The molecule has 0 radical (unpaired) electrons. The zero-order chi connectivity index (χ0) is 17.3. The molecule has 0 bridgehead atoms. The Kier molecular flexibility index (Phi) is 4.81. The molecule has 1 aliphatic heterocycles. The molecule has 1 aliphatic rings. The number of rotatable bonds is 4. The fourth-order valence-electron chi connectivity index (χ4n) is 3.73. The minimum Gasteiger partial charge on any atom is -0.497 e. The molecule has 5 nitrogen and oxygen atoms in total. The number of nitrogens with one attached hydrogen (secondary N) is 1. The quantitative estimate of drug-likeness (QED) is 0.938. The highest BCUT2D eigenvalue weighted by Crippen LogP contribution is 2.28. The summed E-state index contributed by atoms with van der Waals surface area (Å²) in [5.74, 6) is 1.33. The van der Waals surface area contributed by atoms with Crippen molar-refractivity contribution in [3.8, 4) is 5.75 Å². The molecule has 0 saturated carbocycles. The minimum atomic E-state index is 0.0135. The molecule has 2 aromatic rings. The number of methoxy groups -OCH3 is 1. The summed E-state index contributed by atoms with van der Waals surface area (Å²) < 4.78 is 7.39. The van der Waals surface area contributed by atoms with Gasteiger partial charge in [-0.2, -0.15) is 0 Å². The molecule has 0 spiro atoms. The van der Waals surface area contributed by atoms with Crippen LogP contribution in [0.4, 0.5) is 0 Å². The number of aryl methyl sites for hydroxylation is 1. The average molecular weight is 329 g/mol. The van der Waals surface area contributed by atoms with E-state index in [0.717, 1.165) is 47.5 Å². The molecule has 1 atom stereocenters. The second kappa shape index (κ2) is 6.85. The Balaban J connectivity index is 1.82. The number of fused-ring (bicyclic) bond motifs is 1. The Labute approximate surface area is 143 Å². The van der Waals surface area contributed by atoms with Crippen LogP contribution in [0.15, 0.2) is 18.2 Å². The van der Waals surface area contributed by atoms with Crippen LogP contribution in [0, 0.1) is 12.8 Å². The van der Waals surface area contributed by atoms with E-state index < -0.39 is 0 Å². The standard InChI is InChI=1S/C19H27N3O2/c1-13-18(16-10-15(24-4)7-8-17(16)22(13)3)19(23)20-11-14-6-5-9-21(2)12-14/h7-8,10,14H,5-6,9,11-12H2,1-4H3,(H,20,23)/t14-/m1/s1. The van der Waals surface area contributed by atoms with E-state index in [4.69, 9.17) is 4.74 Å². The van der Waals surface area contributed by atoms with Crippen molar-refractivity contribution in [1.82, 2.24) is 14.8 Å². The number of piperidine rings is 1. The monoisotopic (exact) mass is 329 g/mol. The van der Waals surface area contributed by atoms with Crippen molar-refractivity contribution in [2.24, 2.45) is 13.0 Å². The number of carbonyl (C=O) groups is 1. The predicted octanol–water partition coefficient (Wildman–Crippen LogP) is 2.57. The summed E-state index contributed by atoms with van der Waals surface area (Å²) >= 11 is 0. The van der Waals surface area contributed by atoms with Crippen LogP contribution in [0.5, 0.6) is 5.75 Å². The van der Waals surface area contributed by atoms with E-state index in [0.29, 0.717) is 5.92 Å². The van der Waals surface area contributed by atoms with Gasteiger partial charge < -0.3 is 19.5 Å². The molecule has 3 rings (SSSR count). The summed E-state index contributed by atoms with van der Waals surface area (Å²) in [5.41, 5.74) is 2.79. The first-order chi connectivity index (χ1) is 11.5. The molecule has 0 aliphatic carbocycles. The van der Waals surface area contributed by atoms with Crippen LogP contribution in [-0.2, 0) is 7.05 Å². The highest BCUT2D eigenvalue weighted by molar-refractivity contribution is 6.08. The van der Waals surface area contributed by atoms with Gasteiger partial charge in [0, 0.05) is 36.7 Å². The maximum Gasteiger partial charge on any atom is 0.253 e. The Hall–Kier alpha value is -2.01. The summed E-state index contributed by atoms with van der Waals surface area (Å²) in [7, 11) is 5.79. The first-order valence-electron chi connectivity index (χ1n) is 8.61. The lowest BCUT2D eigenvalue weighted by molar-refractivity contribution is 0.0937. The van der Waals surface area contributed by atoms with E-state index in [1.165, 1.54) is 12.8 Å². The number of benzene rings is 1. The van der Waals surface area contributed by atoms with Gasteiger partial charge in [-0.15, -0.1) is 0 Å². The second-order valence-electron chi connectivity index (χ2n) is 6.88. The van der Waals surface area contributed by atoms with Crippen LogP contribution in [0.1, 0.15) is 28.9 Å². The molecule has 1 aromatic heterocycles. The fourth-order valence-corrected chi connectivity index (χ4v) is 3.73. The molecule has 5 heteroatoms. The molecule has 0 unspecified atom stereocenters. The molecule has 130 valence electrons. The van der Waals surface area contributed by atoms with Crippen LogP contribution in [0.2, 0.25) is 0 Å². The SMILES string of the molecule is COc1ccc2c(c1)c(C(=O)NC[C@H]1CCCN(C)C1)c(C)n2C. The van der Waals surface area contributed by atoms with Gasteiger partial charge in [-0.1, -0.05) is 0 Å². The van der Waals surface area contributed by atoms with E-state index in [1.54, 1.807) is 7.11 Å². The van der Waals surface area contributed by atoms with Gasteiger partial charge in [0.15, 0.2) is 0 Å². The van der Waals surface area contributed by atoms with Gasteiger partial charge in [-0.05, 0) is 57.5 Å². The Bertz CT molecular complexity index is 751. The summed E-state index contributed by atoms with van der Waals surface area (Å²) in [6, 6.07) is 5.89. The first-order valence-corrected chi connectivity index (χ1v) is 8.61. The molecule has 1 aromatic carbocycles. The van der Waals surface area contributed by atoms with Gasteiger partial charge in [-0.25, -0.2) is 0 Å². The molecular weight excluding hydrogens is 302 g/mol. The zero-order valence-electron chi connectivity index (χ0n) is 15.1. The number of aromatic nitrogens is 1. The van der Waals surface area contributed by atoms with Gasteiger partial charge in [0.05, 0.1) is 12.7 Å². The normalized spacial score (nSPS) is 18.8. The Morgan fingerprint density at radius 3 is 2.88 bits per heavy atom. The topological polar surface area (TPSA) is 46.5 Å². The zero-order valence-corrected chi connectivity index (χ0v) is 15.1. The van der Waals surface area contributed by atoms with E-state index in [2.05, 4.69) is 21.8 Å². The highest BCUT2D eigenvalue weighted by Gasteiger charge is 2.22. The molecule has 24 heavy (non-hydrogen) atoms. The van der Waals surface area contributed by atoms with Crippen molar-refractivity contribution in [3.05, 3.63) is 29.5 Å². The van der Waals surface area contributed by atoms with Crippen molar-refractivity contribution in [2.45, 2.75) is 19.8 Å². The number of hydrogen-bond acceptors (Lipinski definition) is 3. The van der Waals surface area contributed by atoms with E-state index in [-0.39, 0.29) is 5.91 Å². The average Bonchev–Trinajstić information content (AvgIpc) is 2.83. The van der Waals surface area contributed by atoms with Crippen molar-refractivity contribution < 1.29 is 9.53 Å². The van der Waals surface area contributed by atoms with Crippen molar-refractivity contribution >= 4 is 16.8 Å². The van der Waals surface area contributed by atoms with Crippen LogP contribution in [-0.4, -0.2) is 49.2 Å². The number of carbonyl (C=O) groups excluding carboxylic acids is 1. The fraction of sp³-hybridized carbons (Fsp3) is 0.526. The number of amides is 1. The van der Waals surface area contributed by atoms with E-state index >= 15 is 0 Å². The number of nitrogens with zero attached hydrogens (tertiary/aromatic N) is 2. The van der Waals surface area contributed by atoms with Crippen molar-refractivity contribution in [1.29, 1.82) is 0 Å². The van der Waals surface area contributed by atoms with E-state index in [9.17, 15) is 4.79 Å². The van der Waals surface area contributed by atoms with E-state index in [1.807, 2.05) is 32.2 Å². The lowest BCUT2D eigenvalue weighted by Gasteiger charge is -2.29. The smallest absolute Gasteiger partial charge is 0.253 e. The van der Waals surface area contributed by atoms with Gasteiger partial charge in [0.25, 0.3) is 5.91 Å². The molecule has 1 fully saturated rings. The van der Waals surface area contributed by atoms with Gasteiger partial charge in [0.1, 0.15) is 5.75 Å². The third-order valence-corrected chi connectivity index (χ3v) is 5.20. The first kappa shape index (κ1) is 16.8. The molecule has 1 saturated heterocycles. The summed E-state index contributed by atoms with van der Waals surface area (Å²) in [6.07, 6.45) is 2.40. The maximum atomic E-state index is 12.8. The van der Waals surface area contributed by atoms with Gasteiger partial charge >= 0.3 is 0 Å². The number of likely N-dealkylation sites (tertiary alicyclic amines) is 1. The highest BCUT2D eigenvalue weighted by atomic mass is 16.5. The Morgan fingerprint density at radius 1 is 1.38 bits per heavy atom. The third kappa shape index (κ3) is 3.13. The molecule has 1 N–H and O–H groups in total. The lowest BCUT2D eigenvalue weighted by atomic mass is 9.98. The summed E-state index contributed by atoms with van der Waals surface area (Å²) in [4.78, 5) is 15.2.